The number of likely N-dealkylation sites (tertiary alicyclic amines) is 1. The highest BCUT2D eigenvalue weighted by Gasteiger charge is 2.26. The molecule has 6 nitrogen and oxygen atoms in total. The number of nitrogens with zero attached hydrogens (tertiary/aromatic N) is 1. The highest BCUT2D eigenvalue weighted by atomic mass is 16.6. The molecular formula is C19H28N2O4. The van der Waals surface area contributed by atoms with Gasteiger partial charge in [0.15, 0.2) is 0 Å². The minimum atomic E-state index is -0.895. The van der Waals surface area contributed by atoms with Crippen LogP contribution in [0.25, 0.3) is 0 Å². The first-order chi connectivity index (χ1) is 11.8. The molecule has 2 N–H and O–H groups in total. The Kier molecular flexibility index (Phi) is 6.42. The fourth-order valence-electron chi connectivity index (χ4n) is 3.14. The van der Waals surface area contributed by atoms with Crippen molar-refractivity contribution in [3.05, 3.63) is 35.4 Å². The van der Waals surface area contributed by atoms with Crippen LogP contribution in [0.4, 0.5) is 4.79 Å². The smallest absolute Gasteiger partial charge is 0.407 e. The monoisotopic (exact) mass is 348 g/mol. The zero-order chi connectivity index (χ0) is 18.4. The Labute approximate surface area is 149 Å². The lowest BCUT2D eigenvalue weighted by Gasteiger charge is -2.25. The van der Waals surface area contributed by atoms with Gasteiger partial charge in [0, 0.05) is 19.1 Å². The largest absolute Gasteiger partial charge is 0.478 e. The Balaban J connectivity index is 1.83. The zero-order valence-corrected chi connectivity index (χ0v) is 15.2. The number of carboxylic acids is 1. The summed E-state index contributed by atoms with van der Waals surface area (Å²) in [6.45, 7) is 7.94. The maximum absolute atomic E-state index is 11.6. The number of carbonyl (C=O) groups excluding carboxylic acids is 1. The Morgan fingerprint density at radius 3 is 2.80 bits per heavy atom. The van der Waals surface area contributed by atoms with Crippen molar-refractivity contribution < 1.29 is 19.4 Å². The van der Waals surface area contributed by atoms with E-state index in [-0.39, 0.29) is 12.1 Å². The Morgan fingerprint density at radius 1 is 1.36 bits per heavy atom. The van der Waals surface area contributed by atoms with Gasteiger partial charge in [-0.05, 0) is 64.3 Å². The van der Waals surface area contributed by atoms with Crippen molar-refractivity contribution in [3.8, 4) is 0 Å². The summed E-state index contributed by atoms with van der Waals surface area (Å²) in [5.74, 6) is -0.895. The van der Waals surface area contributed by atoms with Crippen LogP contribution in [-0.2, 0) is 4.74 Å². The third-order valence-corrected chi connectivity index (χ3v) is 4.17. The maximum Gasteiger partial charge on any atom is 0.407 e. The van der Waals surface area contributed by atoms with Crippen LogP contribution >= 0.6 is 0 Å². The summed E-state index contributed by atoms with van der Waals surface area (Å²) in [5, 5.41) is 11.9. The molecule has 25 heavy (non-hydrogen) atoms. The molecule has 1 amide bonds. The highest BCUT2D eigenvalue weighted by molar-refractivity contribution is 5.87. The summed E-state index contributed by atoms with van der Waals surface area (Å²) in [7, 11) is 0. The maximum atomic E-state index is 11.6. The second kappa shape index (κ2) is 8.34. The molecule has 2 rings (SSSR count). The third kappa shape index (κ3) is 6.05. The molecule has 1 unspecified atom stereocenters. The minimum absolute atomic E-state index is 0.251. The van der Waals surface area contributed by atoms with Gasteiger partial charge in [-0.25, -0.2) is 9.59 Å². The van der Waals surface area contributed by atoms with Crippen molar-refractivity contribution in [1.82, 2.24) is 10.2 Å². The first-order valence-electron chi connectivity index (χ1n) is 8.80. The Morgan fingerprint density at radius 2 is 2.12 bits per heavy atom. The molecule has 1 fully saturated rings. The lowest BCUT2D eigenvalue weighted by atomic mass is 10.0. The van der Waals surface area contributed by atoms with Crippen LogP contribution in [0.5, 0.6) is 0 Å². The quantitative estimate of drug-likeness (QED) is 0.770. The molecule has 1 heterocycles. The van der Waals surface area contributed by atoms with Gasteiger partial charge in [0.1, 0.15) is 5.60 Å². The normalized spacial score (nSPS) is 18.1. The van der Waals surface area contributed by atoms with Gasteiger partial charge in [-0.1, -0.05) is 12.1 Å². The number of alkyl carbamates (subject to hydrolysis) is 1. The molecule has 0 aliphatic carbocycles. The highest BCUT2D eigenvalue weighted by Crippen LogP contribution is 2.32. The van der Waals surface area contributed by atoms with Gasteiger partial charge in [-0.15, -0.1) is 0 Å². The van der Waals surface area contributed by atoms with Crippen LogP contribution in [0.2, 0.25) is 0 Å². The van der Waals surface area contributed by atoms with Crippen molar-refractivity contribution >= 4 is 12.1 Å². The number of carbonyl (C=O) groups is 2. The Hall–Kier alpha value is -2.08. The average molecular weight is 348 g/mol. The van der Waals surface area contributed by atoms with Crippen LogP contribution in [0, 0.1) is 0 Å². The molecule has 1 atom stereocenters. The second-order valence-corrected chi connectivity index (χ2v) is 7.41. The van der Waals surface area contributed by atoms with Crippen molar-refractivity contribution in [2.24, 2.45) is 0 Å². The standard InChI is InChI=1S/C19H28N2O4/c1-19(2,3)25-18(24)20-10-6-12-21-11-5-9-16(21)14-7-4-8-15(13-14)17(22)23/h4,7-8,13,16H,5-6,9-12H2,1-3H3,(H,20,24)(H,22,23). The SMILES string of the molecule is CC(C)(C)OC(=O)NCCCN1CCCC1c1cccc(C(=O)O)c1. The lowest BCUT2D eigenvalue weighted by molar-refractivity contribution is 0.0525. The van der Waals surface area contributed by atoms with E-state index in [1.807, 2.05) is 26.8 Å². The van der Waals surface area contributed by atoms with E-state index in [0.29, 0.717) is 12.1 Å². The van der Waals surface area contributed by atoms with Crippen LogP contribution in [0.15, 0.2) is 24.3 Å². The first kappa shape index (κ1) is 19.2. The molecule has 0 saturated carbocycles. The molecule has 0 radical (unpaired) electrons. The van der Waals surface area contributed by atoms with Crippen LogP contribution in [-0.4, -0.2) is 47.3 Å². The lowest BCUT2D eigenvalue weighted by Crippen LogP contribution is -2.34. The Bertz CT molecular complexity index is 610. The summed E-state index contributed by atoms with van der Waals surface area (Å²) in [6, 6.07) is 7.44. The van der Waals surface area contributed by atoms with Gasteiger partial charge in [0.25, 0.3) is 0 Å². The van der Waals surface area contributed by atoms with Crippen molar-refractivity contribution in [2.75, 3.05) is 19.6 Å². The van der Waals surface area contributed by atoms with Gasteiger partial charge >= 0.3 is 12.1 Å². The summed E-state index contributed by atoms with van der Waals surface area (Å²) >= 11 is 0. The fourth-order valence-corrected chi connectivity index (χ4v) is 3.14. The average Bonchev–Trinajstić information content (AvgIpc) is 2.98. The summed E-state index contributed by atoms with van der Waals surface area (Å²) in [4.78, 5) is 25.2. The van der Waals surface area contributed by atoms with Gasteiger partial charge in [-0.3, -0.25) is 4.90 Å². The summed E-state index contributed by atoms with van der Waals surface area (Å²) < 4.78 is 5.22. The molecule has 0 aromatic heterocycles. The van der Waals surface area contributed by atoms with Crippen molar-refractivity contribution in [2.45, 2.75) is 51.7 Å². The minimum Gasteiger partial charge on any atom is -0.478 e. The van der Waals surface area contributed by atoms with E-state index in [0.717, 1.165) is 37.9 Å². The van der Waals surface area contributed by atoms with E-state index in [4.69, 9.17) is 9.84 Å². The summed E-state index contributed by atoms with van der Waals surface area (Å²) in [5.41, 5.74) is 0.896. The molecule has 1 aliphatic rings. The predicted molar refractivity (Wildman–Crippen MR) is 95.8 cm³/mol. The fraction of sp³-hybridized carbons (Fsp3) is 0.579. The van der Waals surface area contributed by atoms with E-state index < -0.39 is 11.6 Å². The number of carboxylic acid groups (broad SMARTS) is 1. The van der Waals surface area contributed by atoms with E-state index in [1.54, 1.807) is 18.2 Å². The van der Waals surface area contributed by atoms with Gasteiger partial charge < -0.3 is 15.2 Å². The molecule has 0 spiro atoms. The van der Waals surface area contributed by atoms with E-state index in [2.05, 4.69) is 10.2 Å². The number of nitrogens with one attached hydrogen (secondary N) is 1. The molecule has 1 aliphatic heterocycles. The van der Waals surface area contributed by atoms with Crippen molar-refractivity contribution in [1.29, 1.82) is 0 Å². The summed E-state index contributed by atoms with van der Waals surface area (Å²) in [6.07, 6.45) is 2.57. The van der Waals surface area contributed by atoms with Gasteiger partial charge in [0.05, 0.1) is 5.56 Å². The molecule has 1 saturated heterocycles. The number of hydrogen-bond acceptors (Lipinski definition) is 4. The number of benzene rings is 1. The second-order valence-electron chi connectivity index (χ2n) is 7.41. The van der Waals surface area contributed by atoms with E-state index in [9.17, 15) is 9.59 Å². The number of aromatic carboxylic acids is 1. The number of rotatable bonds is 6. The number of hydrogen-bond donors (Lipinski definition) is 2. The van der Waals surface area contributed by atoms with Crippen LogP contribution < -0.4 is 5.32 Å². The number of ether oxygens (including phenoxy) is 1. The number of amides is 1. The van der Waals surface area contributed by atoms with Crippen LogP contribution in [0.3, 0.4) is 0 Å². The topological polar surface area (TPSA) is 78.9 Å². The molecule has 0 bridgehead atoms. The molecule has 1 aromatic rings. The van der Waals surface area contributed by atoms with E-state index >= 15 is 0 Å². The van der Waals surface area contributed by atoms with Gasteiger partial charge in [0.2, 0.25) is 0 Å². The van der Waals surface area contributed by atoms with Crippen molar-refractivity contribution in [3.63, 3.8) is 0 Å². The molecular weight excluding hydrogens is 320 g/mol. The molecule has 138 valence electrons. The molecule has 1 aromatic carbocycles. The van der Waals surface area contributed by atoms with Gasteiger partial charge in [-0.2, -0.15) is 0 Å². The van der Waals surface area contributed by atoms with Crippen LogP contribution in [0.1, 0.15) is 62.0 Å². The first-order valence-corrected chi connectivity index (χ1v) is 8.80. The third-order valence-electron chi connectivity index (χ3n) is 4.17. The van der Waals surface area contributed by atoms with E-state index in [1.165, 1.54) is 0 Å². The predicted octanol–water partition coefficient (Wildman–Crippen LogP) is 3.44. The molecule has 6 heteroatoms. The zero-order valence-electron chi connectivity index (χ0n) is 15.2.